The van der Waals surface area contributed by atoms with E-state index < -0.39 is 6.09 Å². The van der Waals surface area contributed by atoms with Crippen molar-refractivity contribution in [2.45, 2.75) is 13.0 Å². The number of hydrogen-bond donors (Lipinski definition) is 2. The molecule has 2 N–H and O–H groups in total. The first-order valence-electron chi connectivity index (χ1n) is 12.4. The molecule has 1 aromatic heterocycles. The molecule has 0 saturated heterocycles. The highest BCUT2D eigenvalue weighted by Crippen LogP contribution is 2.25. The molecule has 0 spiro atoms. The van der Waals surface area contributed by atoms with Gasteiger partial charge in [-0.2, -0.15) is 0 Å². The summed E-state index contributed by atoms with van der Waals surface area (Å²) in [5.41, 5.74) is 2.61. The summed E-state index contributed by atoms with van der Waals surface area (Å²) < 4.78 is 11.1. The molecule has 5 rings (SSSR count). The molecule has 190 valence electrons. The normalized spacial score (nSPS) is 11.6. The summed E-state index contributed by atoms with van der Waals surface area (Å²) in [4.78, 5) is 29.3. The predicted molar refractivity (Wildman–Crippen MR) is 148 cm³/mol. The number of rotatable bonds is 8. The predicted octanol–water partition coefficient (Wildman–Crippen LogP) is 6.51. The first-order valence-corrected chi connectivity index (χ1v) is 12.4. The van der Waals surface area contributed by atoms with Crippen LogP contribution in [0.1, 0.15) is 29.0 Å². The molecule has 0 saturated carbocycles. The van der Waals surface area contributed by atoms with Crippen molar-refractivity contribution in [2.75, 3.05) is 18.5 Å². The number of hydrogen-bond acceptors (Lipinski definition) is 5. The number of fused-ring (bicyclic) bond motifs is 2. The maximum Gasteiger partial charge on any atom is 0.407 e. The van der Waals surface area contributed by atoms with E-state index in [0.717, 1.165) is 33.0 Å². The third-order valence-electron chi connectivity index (χ3n) is 6.16. The molecule has 5 aromatic rings. The molecule has 0 fully saturated rings. The Morgan fingerprint density at radius 1 is 0.789 bits per heavy atom. The van der Waals surface area contributed by atoms with Crippen LogP contribution in [0.3, 0.4) is 0 Å². The lowest BCUT2D eigenvalue weighted by molar-refractivity contribution is 0.102. The second-order valence-electron chi connectivity index (χ2n) is 8.79. The Labute approximate surface area is 220 Å². The Kier molecular flexibility index (Phi) is 7.45. The fraction of sp³-hybridized carbons (Fsp3) is 0.129. The molecule has 0 radical (unpaired) electrons. The number of anilines is 1. The zero-order valence-electron chi connectivity index (χ0n) is 20.9. The molecular formula is C31H27N3O4. The average molecular weight is 506 g/mol. The van der Waals surface area contributed by atoms with Crippen molar-refractivity contribution in [1.29, 1.82) is 0 Å². The largest absolute Gasteiger partial charge is 0.489 e. The highest BCUT2D eigenvalue weighted by atomic mass is 16.6. The minimum atomic E-state index is -0.529. The van der Waals surface area contributed by atoms with E-state index in [1.165, 1.54) is 0 Å². The second-order valence-corrected chi connectivity index (χ2v) is 8.79. The van der Waals surface area contributed by atoms with Gasteiger partial charge in [-0.1, -0.05) is 72.8 Å². The Bertz CT molecular complexity index is 1580. The zero-order valence-corrected chi connectivity index (χ0v) is 20.9. The van der Waals surface area contributed by atoms with Crippen LogP contribution in [0.25, 0.3) is 21.7 Å². The molecule has 0 aliphatic rings. The van der Waals surface area contributed by atoms with E-state index in [9.17, 15) is 9.59 Å². The lowest BCUT2D eigenvalue weighted by atomic mass is 10.1. The van der Waals surface area contributed by atoms with Gasteiger partial charge in [-0.25, -0.2) is 9.78 Å². The van der Waals surface area contributed by atoms with Gasteiger partial charge in [0.2, 0.25) is 0 Å². The minimum absolute atomic E-state index is 0.121. The quantitative estimate of drug-likeness (QED) is 0.235. The molecule has 0 aliphatic carbocycles. The maximum absolute atomic E-state index is 12.6. The van der Waals surface area contributed by atoms with Crippen molar-refractivity contribution in [2.24, 2.45) is 0 Å². The van der Waals surface area contributed by atoms with Crippen molar-refractivity contribution in [3.63, 3.8) is 0 Å². The number of pyridine rings is 1. The molecule has 0 aliphatic heterocycles. The van der Waals surface area contributed by atoms with E-state index in [4.69, 9.17) is 9.47 Å². The second kappa shape index (κ2) is 11.4. The molecule has 7 nitrogen and oxygen atoms in total. The zero-order chi connectivity index (χ0) is 26.3. The fourth-order valence-electron chi connectivity index (χ4n) is 4.15. The number of para-hydroxylation sites is 1. The molecule has 4 aromatic carbocycles. The van der Waals surface area contributed by atoms with E-state index in [0.29, 0.717) is 11.4 Å². The number of ether oxygens (including phenoxy) is 2. The molecule has 1 atom stereocenters. The van der Waals surface area contributed by atoms with E-state index in [1.54, 1.807) is 18.2 Å². The van der Waals surface area contributed by atoms with Gasteiger partial charge in [0.15, 0.2) is 0 Å². The Balaban J connectivity index is 1.09. The molecule has 38 heavy (non-hydrogen) atoms. The molecule has 0 bridgehead atoms. The summed E-state index contributed by atoms with van der Waals surface area (Å²) in [6.45, 7) is 2.23. The minimum Gasteiger partial charge on any atom is -0.489 e. The Hall–Kier alpha value is -4.91. The van der Waals surface area contributed by atoms with Crippen LogP contribution < -0.4 is 15.4 Å². The molecule has 1 heterocycles. The summed E-state index contributed by atoms with van der Waals surface area (Å²) in [6.07, 6.45) is -0.529. The van der Waals surface area contributed by atoms with Crippen molar-refractivity contribution in [3.05, 3.63) is 114 Å². The van der Waals surface area contributed by atoms with Crippen LogP contribution in [0.4, 0.5) is 10.5 Å². The lowest BCUT2D eigenvalue weighted by Crippen LogP contribution is -2.28. The number of benzene rings is 4. The van der Waals surface area contributed by atoms with Crippen LogP contribution in [0, 0.1) is 0 Å². The monoisotopic (exact) mass is 505 g/mol. The van der Waals surface area contributed by atoms with Crippen molar-refractivity contribution in [3.8, 4) is 5.75 Å². The van der Waals surface area contributed by atoms with Crippen LogP contribution in [-0.2, 0) is 4.74 Å². The summed E-state index contributed by atoms with van der Waals surface area (Å²) in [5.74, 6) is 0.466. The summed E-state index contributed by atoms with van der Waals surface area (Å²) in [6, 6.07) is 32.0. The van der Waals surface area contributed by atoms with E-state index in [-0.39, 0.29) is 25.2 Å². The average Bonchev–Trinajstić information content (AvgIpc) is 2.95. The number of alkyl carbamates (subject to hydrolysis) is 1. The summed E-state index contributed by atoms with van der Waals surface area (Å²) in [7, 11) is 0. The van der Waals surface area contributed by atoms with Crippen molar-refractivity contribution < 1.29 is 19.1 Å². The van der Waals surface area contributed by atoms with Crippen LogP contribution >= 0.6 is 0 Å². The van der Waals surface area contributed by atoms with Gasteiger partial charge in [0, 0.05) is 16.5 Å². The third kappa shape index (κ3) is 5.90. The van der Waals surface area contributed by atoms with E-state index in [1.807, 2.05) is 91.9 Å². The maximum atomic E-state index is 12.6. The topological polar surface area (TPSA) is 89.5 Å². The number of nitrogens with zero attached hydrogens (tertiary/aromatic N) is 1. The standard InChI is InChI=1S/C31H27N3O4/c1-21(32-31(36)38-20-19-37-29-12-6-9-23-7-2-4-10-26(23)29)22-13-16-25(17-14-22)33-30(35)28-18-15-24-8-3-5-11-27(24)34-28/h2-18,21H,19-20H2,1H3,(H,32,36)(H,33,35). The highest BCUT2D eigenvalue weighted by molar-refractivity contribution is 6.04. The summed E-state index contributed by atoms with van der Waals surface area (Å²) >= 11 is 0. The first-order chi connectivity index (χ1) is 18.6. The van der Waals surface area contributed by atoms with E-state index >= 15 is 0 Å². The van der Waals surface area contributed by atoms with Crippen LogP contribution in [0.5, 0.6) is 5.75 Å². The van der Waals surface area contributed by atoms with Gasteiger partial charge in [0.05, 0.1) is 11.6 Å². The molecule has 7 heteroatoms. The van der Waals surface area contributed by atoms with Gasteiger partial charge in [-0.3, -0.25) is 4.79 Å². The van der Waals surface area contributed by atoms with Crippen LogP contribution in [0.15, 0.2) is 103 Å². The third-order valence-corrected chi connectivity index (χ3v) is 6.16. The number of nitrogens with one attached hydrogen (secondary N) is 2. The highest BCUT2D eigenvalue weighted by Gasteiger charge is 2.12. The smallest absolute Gasteiger partial charge is 0.407 e. The van der Waals surface area contributed by atoms with Crippen molar-refractivity contribution in [1.82, 2.24) is 10.3 Å². The van der Waals surface area contributed by atoms with E-state index in [2.05, 4.69) is 15.6 Å². The SMILES string of the molecule is CC(NC(=O)OCCOc1cccc2ccccc12)c1ccc(NC(=O)c2ccc3ccccc3n2)cc1. The Morgan fingerprint density at radius 2 is 1.53 bits per heavy atom. The van der Waals surface area contributed by atoms with Gasteiger partial charge in [-0.05, 0) is 48.2 Å². The number of carbonyl (C=O) groups excluding carboxylic acids is 2. The fourth-order valence-corrected chi connectivity index (χ4v) is 4.15. The van der Waals surface area contributed by atoms with Gasteiger partial charge >= 0.3 is 6.09 Å². The number of amides is 2. The number of aromatic nitrogens is 1. The lowest BCUT2D eigenvalue weighted by Gasteiger charge is -2.15. The molecule has 1 unspecified atom stereocenters. The van der Waals surface area contributed by atoms with Gasteiger partial charge in [0.25, 0.3) is 5.91 Å². The van der Waals surface area contributed by atoms with Crippen LogP contribution in [-0.4, -0.2) is 30.2 Å². The Morgan fingerprint density at radius 3 is 2.37 bits per heavy atom. The van der Waals surface area contributed by atoms with Crippen molar-refractivity contribution >= 4 is 39.4 Å². The van der Waals surface area contributed by atoms with Gasteiger partial charge in [-0.15, -0.1) is 0 Å². The molecular weight excluding hydrogens is 478 g/mol. The van der Waals surface area contributed by atoms with Gasteiger partial charge in [0.1, 0.15) is 24.7 Å². The summed E-state index contributed by atoms with van der Waals surface area (Å²) in [5, 5.41) is 8.76. The molecule has 2 amide bonds. The van der Waals surface area contributed by atoms with Crippen LogP contribution in [0.2, 0.25) is 0 Å². The first kappa shape index (κ1) is 24.8. The number of carbonyl (C=O) groups is 2. The van der Waals surface area contributed by atoms with Gasteiger partial charge < -0.3 is 20.1 Å².